The van der Waals surface area contributed by atoms with E-state index in [-0.39, 0.29) is 12.3 Å². The van der Waals surface area contributed by atoms with Crippen LogP contribution in [0.15, 0.2) is 35.7 Å². The minimum absolute atomic E-state index is 0.101. The van der Waals surface area contributed by atoms with E-state index in [2.05, 4.69) is 10.3 Å². The largest absolute Gasteiger partial charge is 0.486 e. The highest BCUT2D eigenvalue weighted by Gasteiger charge is 2.31. The standard InChI is InChI=1S/C18H22N2O3S/c21-16(19-13-18(22)8-4-5-9-18)10-14-12-24-17(20-14)11-23-15-6-2-1-3-7-15/h1-3,6-7,12,22H,4-5,8-11,13H2,(H,19,21). The molecular formula is C18H22N2O3S. The minimum atomic E-state index is -0.716. The Morgan fingerprint density at radius 1 is 1.29 bits per heavy atom. The number of rotatable bonds is 7. The SMILES string of the molecule is O=C(Cc1csc(COc2ccccc2)n1)NCC1(O)CCCC1. The van der Waals surface area contributed by atoms with Gasteiger partial charge in [0.1, 0.15) is 17.4 Å². The summed E-state index contributed by atoms with van der Waals surface area (Å²) in [5.41, 5.74) is 0.0226. The number of amides is 1. The monoisotopic (exact) mass is 346 g/mol. The molecule has 0 atom stereocenters. The number of hydrogen-bond donors (Lipinski definition) is 2. The summed E-state index contributed by atoms with van der Waals surface area (Å²) in [6.45, 7) is 0.732. The maximum absolute atomic E-state index is 12.0. The van der Waals surface area contributed by atoms with Crippen molar-refractivity contribution in [2.75, 3.05) is 6.54 Å². The fraction of sp³-hybridized carbons (Fsp3) is 0.444. The highest BCUT2D eigenvalue weighted by Crippen LogP contribution is 2.28. The summed E-state index contributed by atoms with van der Waals surface area (Å²) in [6, 6.07) is 9.58. The molecule has 1 aliphatic rings. The Morgan fingerprint density at radius 2 is 2.04 bits per heavy atom. The first-order valence-electron chi connectivity index (χ1n) is 8.23. The molecule has 0 bridgehead atoms. The lowest BCUT2D eigenvalue weighted by molar-refractivity contribution is -0.121. The van der Waals surface area contributed by atoms with Crippen molar-refractivity contribution in [3.63, 3.8) is 0 Å². The second-order valence-corrected chi connectivity index (χ2v) is 7.16. The molecule has 1 fully saturated rings. The predicted molar refractivity (Wildman–Crippen MR) is 93.0 cm³/mol. The van der Waals surface area contributed by atoms with Crippen LogP contribution in [0.1, 0.15) is 36.4 Å². The second kappa shape index (κ2) is 7.77. The highest BCUT2D eigenvalue weighted by molar-refractivity contribution is 7.09. The van der Waals surface area contributed by atoms with Crippen LogP contribution in [0.4, 0.5) is 0 Å². The molecule has 2 aromatic rings. The summed E-state index contributed by atoms with van der Waals surface area (Å²) >= 11 is 1.49. The van der Waals surface area contributed by atoms with Crippen molar-refractivity contribution in [2.24, 2.45) is 0 Å². The van der Waals surface area contributed by atoms with Gasteiger partial charge in [0.25, 0.3) is 0 Å². The van der Waals surface area contributed by atoms with Gasteiger partial charge >= 0.3 is 0 Å². The minimum Gasteiger partial charge on any atom is -0.486 e. The van der Waals surface area contributed by atoms with Crippen molar-refractivity contribution in [3.8, 4) is 5.75 Å². The topological polar surface area (TPSA) is 71.5 Å². The predicted octanol–water partition coefficient (Wildman–Crippen LogP) is 2.69. The van der Waals surface area contributed by atoms with Crippen molar-refractivity contribution in [3.05, 3.63) is 46.4 Å². The molecular weight excluding hydrogens is 324 g/mol. The van der Waals surface area contributed by atoms with Crippen molar-refractivity contribution in [2.45, 2.75) is 44.3 Å². The number of thiazole rings is 1. The molecule has 1 saturated carbocycles. The summed E-state index contributed by atoms with van der Waals surface area (Å²) < 4.78 is 5.65. The number of aromatic nitrogens is 1. The van der Waals surface area contributed by atoms with E-state index in [4.69, 9.17) is 4.74 Å². The summed E-state index contributed by atoms with van der Waals surface area (Å²) in [5, 5.41) is 15.8. The van der Waals surface area contributed by atoms with Crippen LogP contribution < -0.4 is 10.1 Å². The fourth-order valence-corrected chi connectivity index (χ4v) is 3.56. The second-order valence-electron chi connectivity index (χ2n) is 6.22. The molecule has 128 valence electrons. The maximum atomic E-state index is 12.0. The number of carbonyl (C=O) groups is 1. The van der Waals surface area contributed by atoms with Crippen LogP contribution in [0.5, 0.6) is 5.75 Å². The van der Waals surface area contributed by atoms with E-state index < -0.39 is 5.60 Å². The molecule has 0 saturated heterocycles. The van der Waals surface area contributed by atoms with E-state index in [1.54, 1.807) is 0 Å². The lowest BCUT2D eigenvalue weighted by atomic mass is 10.0. The number of nitrogens with one attached hydrogen (secondary N) is 1. The number of ether oxygens (including phenoxy) is 1. The molecule has 0 spiro atoms. The normalized spacial score (nSPS) is 16.0. The molecule has 6 heteroatoms. The quantitative estimate of drug-likeness (QED) is 0.809. The average molecular weight is 346 g/mol. The fourth-order valence-electron chi connectivity index (χ4n) is 2.86. The van der Waals surface area contributed by atoms with Crippen molar-refractivity contribution < 1.29 is 14.6 Å². The number of para-hydroxylation sites is 1. The number of benzene rings is 1. The molecule has 3 rings (SSSR count). The summed E-state index contributed by atoms with van der Waals surface area (Å²) in [4.78, 5) is 16.4. The molecule has 0 unspecified atom stereocenters. The van der Waals surface area contributed by atoms with Gasteiger partial charge in [-0.1, -0.05) is 31.0 Å². The van der Waals surface area contributed by atoms with Gasteiger partial charge in [-0.05, 0) is 25.0 Å². The molecule has 1 amide bonds. The first-order valence-corrected chi connectivity index (χ1v) is 9.11. The average Bonchev–Trinajstić information content (AvgIpc) is 3.22. The summed E-state index contributed by atoms with van der Waals surface area (Å²) in [7, 11) is 0. The van der Waals surface area contributed by atoms with E-state index >= 15 is 0 Å². The van der Waals surface area contributed by atoms with Gasteiger partial charge in [-0.25, -0.2) is 4.98 Å². The molecule has 24 heavy (non-hydrogen) atoms. The Bertz CT molecular complexity index is 666. The Hall–Kier alpha value is -1.92. The van der Waals surface area contributed by atoms with Crippen LogP contribution in [0.2, 0.25) is 0 Å². The Morgan fingerprint density at radius 3 is 2.79 bits per heavy atom. The molecule has 1 heterocycles. The summed E-state index contributed by atoms with van der Waals surface area (Å²) in [5.74, 6) is 0.702. The van der Waals surface area contributed by atoms with Gasteiger partial charge in [0.2, 0.25) is 5.91 Å². The Kier molecular flexibility index (Phi) is 5.48. The van der Waals surface area contributed by atoms with Gasteiger partial charge in [0.15, 0.2) is 0 Å². The molecule has 2 N–H and O–H groups in total. The first-order chi connectivity index (χ1) is 11.6. The molecule has 1 aromatic carbocycles. The lowest BCUT2D eigenvalue weighted by Crippen LogP contribution is -2.41. The van der Waals surface area contributed by atoms with Crippen molar-refractivity contribution >= 4 is 17.2 Å². The van der Waals surface area contributed by atoms with E-state index in [1.165, 1.54) is 11.3 Å². The molecule has 0 aliphatic heterocycles. The third-order valence-electron chi connectivity index (χ3n) is 4.20. The number of nitrogens with zero attached hydrogens (tertiary/aromatic N) is 1. The van der Waals surface area contributed by atoms with Crippen LogP contribution in [-0.2, 0) is 17.8 Å². The van der Waals surface area contributed by atoms with Crippen LogP contribution in [-0.4, -0.2) is 28.1 Å². The third-order valence-corrected chi connectivity index (χ3v) is 5.07. The lowest BCUT2D eigenvalue weighted by Gasteiger charge is -2.22. The van der Waals surface area contributed by atoms with Gasteiger partial charge in [-0.2, -0.15) is 0 Å². The van der Waals surface area contributed by atoms with E-state index in [9.17, 15) is 9.90 Å². The van der Waals surface area contributed by atoms with E-state index in [1.807, 2.05) is 35.7 Å². The molecule has 5 nitrogen and oxygen atoms in total. The molecule has 0 radical (unpaired) electrons. The summed E-state index contributed by atoms with van der Waals surface area (Å²) in [6.07, 6.45) is 3.83. The van der Waals surface area contributed by atoms with Crippen LogP contribution >= 0.6 is 11.3 Å². The van der Waals surface area contributed by atoms with Crippen LogP contribution in [0.3, 0.4) is 0 Å². The van der Waals surface area contributed by atoms with Crippen LogP contribution in [0.25, 0.3) is 0 Å². The van der Waals surface area contributed by atoms with Gasteiger partial charge in [0.05, 0.1) is 17.7 Å². The van der Waals surface area contributed by atoms with Gasteiger partial charge in [-0.3, -0.25) is 4.79 Å². The van der Waals surface area contributed by atoms with E-state index in [0.717, 1.165) is 42.1 Å². The smallest absolute Gasteiger partial charge is 0.226 e. The van der Waals surface area contributed by atoms with E-state index in [0.29, 0.717) is 13.2 Å². The van der Waals surface area contributed by atoms with Crippen LogP contribution in [0, 0.1) is 0 Å². The van der Waals surface area contributed by atoms with Gasteiger partial charge < -0.3 is 15.2 Å². The zero-order valence-electron chi connectivity index (χ0n) is 13.5. The van der Waals surface area contributed by atoms with Crippen molar-refractivity contribution in [1.29, 1.82) is 0 Å². The number of aliphatic hydroxyl groups is 1. The zero-order valence-corrected chi connectivity index (χ0v) is 14.3. The zero-order chi connectivity index (χ0) is 16.8. The Labute approximate surface area is 145 Å². The number of carbonyl (C=O) groups excluding carboxylic acids is 1. The number of hydrogen-bond acceptors (Lipinski definition) is 5. The first kappa shape index (κ1) is 16.9. The highest BCUT2D eigenvalue weighted by atomic mass is 32.1. The van der Waals surface area contributed by atoms with Crippen molar-refractivity contribution in [1.82, 2.24) is 10.3 Å². The molecule has 1 aromatic heterocycles. The Balaban J connectivity index is 1.44. The molecule has 1 aliphatic carbocycles. The third kappa shape index (κ3) is 4.79. The maximum Gasteiger partial charge on any atom is 0.226 e. The van der Waals surface area contributed by atoms with Gasteiger partial charge in [-0.15, -0.1) is 11.3 Å². The van der Waals surface area contributed by atoms with Gasteiger partial charge in [0, 0.05) is 11.9 Å².